The van der Waals surface area contributed by atoms with E-state index < -0.39 is 0 Å². The molecule has 2 N–H and O–H groups in total. The molecule has 0 saturated heterocycles. The molecule has 2 heterocycles. The number of oxime groups is 1. The lowest BCUT2D eigenvalue weighted by Gasteiger charge is -2.33. The number of likely N-dealkylation sites (N-methyl/N-ethyl adjacent to an activating group) is 1. The van der Waals surface area contributed by atoms with Crippen molar-refractivity contribution in [3.05, 3.63) is 47.0 Å². The molecule has 148 valence electrons. The molecule has 28 heavy (non-hydrogen) atoms. The molecular weight excluding hydrogens is 360 g/mol. The number of benzene rings is 2. The first-order valence-corrected chi connectivity index (χ1v) is 9.33. The summed E-state index contributed by atoms with van der Waals surface area (Å²) >= 11 is 0. The summed E-state index contributed by atoms with van der Waals surface area (Å²) in [5, 5.41) is 13.3. The molecule has 2 aliphatic heterocycles. The van der Waals surface area contributed by atoms with Gasteiger partial charge in [0.25, 0.3) is 0 Å². The van der Waals surface area contributed by atoms with Gasteiger partial charge in [-0.2, -0.15) is 0 Å². The number of ether oxygens (including phenoxy) is 4. The molecule has 0 bridgehead atoms. The van der Waals surface area contributed by atoms with Crippen LogP contribution in [-0.2, 0) is 6.42 Å². The summed E-state index contributed by atoms with van der Waals surface area (Å²) < 4.78 is 22.2. The molecule has 0 radical (unpaired) electrons. The molecule has 2 aromatic rings. The monoisotopic (exact) mass is 385 g/mol. The summed E-state index contributed by atoms with van der Waals surface area (Å²) in [6.45, 7) is 1.18. The van der Waals surface area contributed by atoms with Crippen LogP contribution in [0.4, 0.5) is 0 Å². The van der Waals surface area contributed by atoms with E-state index in [4.69, 9.17) is 18.9 Å². The number of quaternary nitrogens is 1. The molecule has 0 aliphatic carbocycles. The third-order valence-electron chi connectivity index (χ3n) is 5.62. The van der Waals surface area contributed by atoms with Gasteiger partial charge < -0.3 is 29.1 Å². The molecule has 1 unspecified atom stereocenters. The molecule has 0 spiro atoms. The van der Waals surface area contributed by atoms with E-state index in [0.717, 1.165) is 41.3 Å². The van der Waals surface area contributed by atoms with E-state index in [1.807, 2.05) is 24.3 Å². The van der Waals surface area contributed by atoms with E-state index in [1.165, 1.54) is 10.5 Å². The standard InChI is InChI=1S/C21H24N2O5/c1-23-9-8-14-10-18-20(28-12-27-18)21(26-3)19(14)17(23)11-16(22-24)13-4-6-15(25-2)7-5-13/h4-7,10,17,24H,8-9,11-12H2,1-3H3/p+1/b22-16+/t17-/m0/s1. The maximum atomic E-state index is 9.72. The molecule has 7 heteroatoms. The number of nitrogens with one attached hydrogen (secondary N) is 1. The molecule has 0 saturated carbocycles. The third-order valence-corrected chi connectivity index (χ3v) is 5.62. The van der Waals surface area contributed by atoms with Crippen molar-refractivity contribution >= 4 is 5.71 Å². The van der Waals surface area contributed by atoms with Crippen molar-refractivity contribution in [1.29, 1.82) is 0 Å². The van der Waals surface area contributed by atoms with Gasteiger partial charge in [0, 0.05) is 6.42 Å². The van der Waals surface area contributed by atoms with Crippen LogP contribution in [0.1, 0.15) is 29.2 Å². The molecule has 2 aliphatic rings. The van der Waals surface area contributed by atoms with Gasteiger partial charge in [0.05, 0.1) is 45.5 Å². The molecule has 0 fully saturated rings. The van der Waals surface area contributed by atoms with Crippen molar-refractivity contribution in [3.63, 3.8) is 0 Å². The fourth-order valence-electron chi connectivity index (χ4n) is 4.09. The number of nitrogens with zero attached hydrogens (tertiary/aromatic N) is 1. The highest BCUT2D eigenvalue weighted by molar-refractivity contribution is 6.00. The second-order valence-electron chi connectivity index (χ2n) is 7.09. The van der Waals surface area contributed by atoms with E-state index in [-0.39, 0.29) is 12.8 Å². The van der Waals surface area contributed by atoms with Gasteiger partial charge in [-0.15, -0.1) is 0 Å². The second kappa shape index (κ2) is 7.59. The number of hydrogen-bond acceptors (Lipinski definition) is 6. The zero-order valence-electron chi connectivity index (χ0n) is 16.3. The maximum absolute atomic E-state index is 9.72. The smallest absolute Gasteiger partial charge is 0.231 e. The Hall–Kier alpha value is -2.93. The molecule has 0 aromatic heterocycles. The lowest BCUT2D eigenvalue weighted by Crippen LogP contribution is -3.10. The van der Waals surface area contributed by atoms with Crippen LogP contribution in [0.3, 0.4) is 0 Å². The van der Waals surface area contributed by atoms with E-state index in [1.54, 1.807) is 14.2 Å². The minimum atomic E-state index is 0.0706. The zero-order valence-corrected chi connectivity index (χ0v) is 16.3. The van der Waals surface area contributed by atoms with Gasteiger partial charge >= 0.3 is 0 Å². The van der Waals surface area contributed by atoms with Crippen LogP contribution >= 0.6 is 0 Å². The first kappa shape index (κ1) is 18.4. The fourth-order valence-corrected chi connectivity index (χ4v) is 4.09. The number of rotatable bonds is 5. The van der Waals surface area contributed by atoms with Gasteiger partial charge in [0.15, 0.2) is 11.5 Å². The van der Waals surface area contributed by atoms with E-state index in [2.05, 4.69) is 18.3 Å². The Morgan fingerprint density at radius 3 is 2.68 bits per heavy atom. The summed E-state index contributed by atoms with van der Waals surface area (Å²) in [7, 11) is 5.44. The Labute approximate surface area is 164 Å². The van der Waals surface area contributed by atoms with Gasteiger partial charge in [-0.3, -0.25) is 0 Å². The largest absolute Gasteiger partial charge is 0.497 e. The molecular formula is C21H25N2O5+. The average molecular weight is 385 g/mol. The van der Waals surface area contributed by atoms with E-state index in [0.29, 0.717) is 17.9 Å². The quantitative estimate of drug-likeness (QED) is 0.467. The lowest BCUT2D eigenvalue weighted by atomic mass is 9.87. The maximum Gasteiger partial charge on any atom is 0.231 e. The summed E-state index contributed by atoms with van der Waals surface area (Å²) in [6.07, 6.45) is 1.50. The van der Waals surface area contributed by atoms with Crippen molar-refractivity contribution < 1.29 is 29.1 Å². The van der Waals surface area contributed by atoms with Gasteiger partial charge in [-0.1, -0.05) is 5.16 Å². The normalized spacial score (nSPS) is 20.6. The topological polar surface area (TPSA) is 74.0 Å². The first-order valence-electron chi connectivity index (χ1n) is 9.33. The van der Waals surface area contributed by atoms with Crippen molar-refractivity contribution in [2.24, 2.45) is 5.16 Å². The summed E-state index contributed by atoms with van der Waals surface area (Å²) in [4.78, 5) is 1.33. The van der Waals surface area contributed by atoms with Crippen molar-refractivity contribution in [3.8, 4) is 23.0 Å². The van der Waals surface area contributed by atoms with E-state index >= 15 is 0 Å². The molecule has 4 rings (SSSR count). The Balaban J connectivity index is 1.72. The van der Waals surface area contributed by atoms with Crippen LogP contribution in [0.2, 0.25) is 0 Å². The first-order chi connectivity index (χ1) is 13.7. The van der Waals surface area contributed by atoms with Gasteiger partial charge in [-0.05, 0) is 41.5 Å². The Bertz CT molecular complexity index is 895. The zero-order chi connectivity index (χ0) is 19.7. The number of methoxy groups -OCH3 is 2. The molecule has 2 aromatic carbocycles. The Morgan fingerprint density at radius 1 is 1.21 bits per heavy atom. The SMILES string of the molecule is COc1ccc(/C(C[C@H]2c3c(cc4c(c3OC)OCO4)CC[NH+]2C)=N/O)cc1. The van der Waals surface area contributed by atoms with E-state index in [9.17, 15) is 5.21 Å². The van der Waals surface area contributed by atoms with Crippen LogP contribution in [0.25, 0.3) is 0 Å². The minimum absolute atomic E-state index is 0.0706. The number of hydrogen-bond donors (Lipinski definition) is 2. The van der Waals surface area contributed by atoms with Crippen LogP contribution in [0, 0.1) is 0 Å². The van der Waals surface area contributed by atoms with Gasteiger partial charge in [-0.25, -0.2) is 0 Å². The van der Waals surface area contributed by atoms with Crippen LogP contribution < -0.4 is 23.8 Å². The second-order valence-corrected chi connectivity index (χ2v) is 7.09. The summed E-state index contributed by atoms with van der Waals surface area (Å²) in [5.74, 6) is 2.88. The predicted octanol–water partition coefficient (Wildman–Crippen LogP) is 1.81. The van der Waals surface area contributed by atoms with Crippen molar-refractivity contribution in [2.45, 2.75) is 18.9 Å². The predicted molar refractivity (Wildman–Crippen MR) is 103 cm³/mol. The van der Waals surface area contributed by atoms with Crippen LogP contribution in [0.5, 0.6) is 23.0 Å². The average Bonchev–Trinajstić information content (AvgIpc) is 3.20. The summed E-state index contributed by atoms with van der Waals surface area (Å²) in [5.41, 5.74) is 3.79. The van der Waals surface area contributed by atoms with Crippen LogP contribution in [-0.4, -0.2) is 45.5 Å². The highest BCUT2D eigenvalue weighted by Gasteiger charge is 2.37. The lowest BCUT2D eigenvalue weighted by molar-refractivity contribution is -0.913. The van der Waals surface area contributed by atoms with Crippen molar-refractivity contribution in [2.75, 3.05) is 34.6 Å². The van der Waals surface area contributed by atoms with Gasteiger partial charge in [0.1, 0.15) is 11.8 Å². The Morgan fingerprint density at radius 2 is 2.00 bits per heavy atom. The highest BCUT2D eigenvalue weighted by atomic mass is 16.7. The van der Waals surface area contributed by atoms with Crippen molar-refractivity contribution in [1.82, 2.24) is 0 Å². The third kappa shape index (κ3) is 3.11. The van der Waals surface area contributed by atoms with Gasteiger partial charge in [0.2, 0.25) is 12.5 Å². The number of fused-ring (bicyclic) bond motifs is 2. The molecule has 0 amide bonds. The highest BCUT2D eigenvalue weighted by Crippen LogP contribution is 2.47. The molecule has 2 atom stereocenters. The minimum Gasteiger partial charge on any atom is -0.497 e. The Kier molecular flexibility index (Phi) is 5.00. The fraction of sp³-hybridized carbons (Fsp3) is 0.381. The molecule has 7 nitrogen and oxygen atoms in total. The van der Waals surface area contributed by atoms with Crippen LogP contribution in [0.15, 0.2) is 35.5 Å². The summed E-state index contributed by atoms with van der Waals surface area (Å²) in [6, 6.07) is 9.67.